The third kappa shape index (κ3) is 5.32. The zero-order valence-corrected chi connectivity index (χ0v) is 17.8. The molecule has 0 aliphatic carbocycles. The van der Waals surface area contributed by atoms with E-state index in [2.05, 4.69) is 47.4 Å². The maximum Gasteiger partial charge on any atom is 0.251 e. The summed E-state index contributed by atoms with van der Waals surface area (Å²) in [6, 6.07) is 22.7. The van der Waals surface area contributed by atoms with Crippen LogP contribution in [-0.2, 0) is 6.54 Å². The normalized spacial score (nSPS) is 14.6. The van der Waals surface area contributed by atoms with Crippen molar-refractivity contribution in [2.75, 3.05) is 13.1 Å². The van der Waals surface area contributed by atoms with Crippen LogP contribution in [0.3, 0.4) is 0 Å². The van der Waals surface area contributed by atoms with Crippen molar-refractivity contribution in [3.63, 3.8) is 0 Å². The van der Waals surface area contributed by atoms with Crippen LogP contribution in [0, 0.1) is 0 Å². The number of nitrogens with zero attached hydrogens (tertiary/aromatic N) is 2. The topological polar surface area (TPSA) is 25.2 Å². The molecule has 3 heteroatoms. The average Bonchev–Trinajstić information content (AvgIpc) is 2.78. The first-order valence-electron chi connectivity index (χ1n) is 10.7. The number of fused-ring (bicyclic) bond motifs is 1. The molecule has 0 atom stereocenters. The summed E-state index contributed by atoms with van der Waals surface area (Å²) in [6.07, 6.45) is 2.06. The van der Waals surface area contributed by atoms with E-state index in [-0.39, 0.29) is 5.56 Å². The van der Waals surface area contributed by atoms with Crippen LogP contribution < -0.4 is 5.56 Å². The van der Waals surface area contributed by atoms with Crippen molar-refractivity contribution >= 4 is 10.9 Å². The van der Waals surface area contributed by atoms with Gasteiger partial charge >= 0.3 is 0 Å². The Labute approximate surface area is 169 Å². The lowest BCUT2D eigenvalue weighted by Gasteiger charge is -2.33. The minimum absolute atomic E-state index is 0.121. The van der Waals surface area contributed by atoms with E-state index in [1.807, 2.05) is 50.5 Å². The van der Waals surface area contributed by atoms with Crippen LogP contribution in [0.5, 0.6) is 0 Å². The molecule has 0 bridgehead atoms. The van der Waals surface area contributed by atoms with Crippen LogP contribution >= 0.6 is 0 Å². The molecule has 2 heterocycles. The molecule has 1 fully saturated rings. The van der Waals surface area contributed by atoms with E-state index in [1.165, 1.54) is 5.56 Å². The molecular formula is C25H34N2O. The van der Waals surface area contributed by atoms with E-state index in [4.69, 9.17) is 0 Å². The fourth-order valence-corrected chi connectivity index (χ4v) is 3.76. The Bertz CT molecular complexity index is 878. The maximum absolute atomic E-state index is 12.5. The highest BCUT2D eigenvalue weighted by Gasteiger charge is 2.22. The highest BCUT2D eigenvalue weighted by molar-refractivity contribution is 5.78. The number of likely N-dealkylation sites (tertiary alicyclic amines) is 1. The Morgan fingerprint density at radius 1 is 0.786 bits per heavy atom. The summed E-state index contributed by atoms with van der Waals surface area (Å²) in [5, 5.41) is 1.14. The Kier molecular flexibility index (Phi) is 8.96. The van der Waals surface area contributed by atoms with Crippen LogP contribution in [0.2, 0.25) is 0 Å². The van der Waals surface area contributed by atoms with Gasteiger partial charge in [-0.05, 0) is 35.9 Å². The van der Waals surface area contributed by atoms with Crippen molar-refractivity contribution in [3.05, 3.63) is 82.6 Å². The predicted octanol–water partition coefficient (Wildman–Crippen LogP) is 5.89. The van der Waals surface area contributed by atoms with Crippen LogP contribution in [0.1, 0.15) is 52.1 Å². The number of hydrogen-bond acceptors (Lipinski definition) is 2. The summed E-state index contributed by atoms with van der Waals surface area (Å²) in [4.78, 5) is 14.9. The first kappa shape index (κ1) is 21.9. The van der Waals surface area contributed by atoms with Gasteiger partial charge in [-0.3, -0.25) is 9.69 Å². The number of rotatable bonds is 3. The molecule has 1 aliphatic heterocycles. The lowest BCUT2D eigenvalue weighted by Crippen LogP contribution is -2.37. The summed E-state index contributed by atoms with van der Waals surface area (Å²) >= 11 is 0. The summed E-state index contributed by atoms with van der Waals surface area (Å²) in [5.41, 5.74) is 2.54. The molecule has 0 N–H and O–H groups in total. The number of piperidine rings is 1. The lowest BCUT2D eigenvalue weighted by atomic mass is 10.0. The highest BCUT2D eigenvalue weighted by Crippen LogP contribution is 2.25. The summed E-state index contributed by atoms with van der Waals surface area (Å²) in [5.74, 6) is 0. The van der Waals surface area contributed by atoms with Crippen LogP contribution in [0.25, 0.3) is 10.9 Å². The van der Waals surface area contributed by atoms with E-state index in [9.17, 15) is 4.79 Å². The average molecular weight is 379 g/mol. The van der Waals surface area contributed by atoms with Gasteiger partial charge in [-0.2, -0.15) is 0 Å². The Hall–Kier alpha value is -2.39. The zero-order chi connectivity index (χ0) is 20.4. The molecular weight excluding hydrogens is 344 g/mol. The first-order valence-corrected chi connectivity index (χ1v) is 10.7. The number of para-hydroxylation sites is 1. The van der Waals surface area contributed by atoms with Crippen molar-refractivity contribution in [3.8, 4) is 0 Å². The van der Waals surface area contributed by atoms with E-state index >= 15 is 0 Å². The Morgan fingerprint density at radius 2 is 1.39 bits per heavy atom. The van der Waals surface area contributed by atoms with Crippen molar-refractivity contribution in [2.24, 2.45) is 0 Å². The largest absolute Gasteiger partial charge is 0.305 e. The molecule has 0 unspecified atom stereocenters. The van der Waals surface area contributed by atoms with Crippen LogP contribution in [0.4, 0.5) is 0 Å². The van der Waals surface area contributed by atoms with Crippen molar-refractivity contribution < 1.29 is 0 Å². The van der Waals surface area contributed by atoms with E-state index in [0.717, 1.165) is 43.4 Å². The van der Waals surface area contributed by atoms with E-state index in [0.29, 0.717) is 6.04 Å². The number of aromatic nitrogens is 1. The minimum Gasteiger partial charge on any atom is -0.305 e. The zero-order valence-electron chi connectivity index (χ0n) is 17.8. The van der Waals surface area contributed by atoms with Gasteiger partial charge in [0.05, 0.1) is 5.52 Å². The Balaban J connectivity index is 0.000000660. The van der Waals surface area contributed by atoms with Gasteiger partial charge < -0.3 is 4.57 Å². The minimum atomic E-state index is 0.121. The van der Waals surface area contributed by atoms with Gasteiger partial charge in [0.2, 0.25) is 0 Å². The molecule has 0 radical (unpaired) electrons. The van der Waals surface area contributed by atoms with Crippen LogP contribution in [-0.4, -0.2) is 22.6 Å². The number of pyridine rings is 1. The second-order valence-corrected chi connectivity index (χ2v) is 6.59. The van der Waals surface area contributed by atoms with Crippen molar-refractivity contribution in [1.82, 2.24) is 9.47 Å². The lowest BCUT2D eigenvalue weighted by molar-refractivity contribution is 0.180. The maximum atomic E-state index is 12.5. The molecule has 1 saturated heterocycles. The molecule has 0 amide bonds. The van der Waals surface area contributed by atoms with Gasteiger partial charge in [-0.1, -0.05) is 76.2 Å². The quantitative estimate of drug-likeness (QED) is 0.568. The standard InChI is InChI=1S/C21H22N2O.2C2H6/c24-21-11-10-18-8-4-5-9-20(18)23(21)19-12-14-22(15-13-19)16-17-6-2-1-3-7-17;2*1-2/h1-11,19H,12-16H2;2*1-2H3. The van der Waals surface area contributed by atoms with Crippen molar-refractivity contribution in [1.29, 1.82) is 0 Å². The fourth-order valence-electron chi connectivity index (χ4n) is 3.76. The smallest absolute Gasteiger partial charge is 0.251 e. The first-order chi connectivity index (χ1) is 13.8. The van der Waals surface area contributed by atoms with Gasteiger partial charge in [0.15, 0.2) is 0 Å². The predicted molar refractivity (Wildman–Crippen MR) is 121 cm³/mol. The highest BCUT2D eigenvalue weighted by atomic mass is 16.1. The number of benzene rings is 2. The summed E-state index contributed by atoms with van der Waals surface area (Å²) in [6.45, 7) is 11.1. The molecule has 4 rings (SSSR count). The molecule has 0 saturated carbocycles. The van der Waals surface area contributed by atoms with Gasteiger partial charge in [0, 0.05) is 31.7 Å². The SMILES string of the molecule is CC.CC.O=c1ccc2ccccc2n1C1CCN(Cc2ccccc2)CC1. The van der Waals surface area contributed by atoms with Gasteiger partial charge in [0.25, 0.3) is 5.56 Å². The van der Waals surface area contributed by atoms with Crippen molar-refractivity contribution in [2.45, 2.75) is 53.1 Å². The van der Waals surface area contributed by atoms with Crippen LogP contribution in [0.15, 0.2) is 71.5 Å². The molecule has 0 spiro atoms. The second-order valence-electron chi connectivity index (χ2n) is 6.59. The third-order valence-electron chi connectivity index (χ3n) is 5.01. The monoisotopic (exact) mass is 378 g/mol. The molecule has 3 nitrogen and oxygen atoms in total. The molecule has 2 aromatic carbocycles. The van der Waals surface area contributed by atoms with E-state index in [1.54, 1.807) is 6.07 Å². The van der Waals surface area contributed by atoms with Gasteiger partial charge in [-0.25, -0.2) is 0 Å². The molecule has 150 valence electrons. The second kappa shape index (κ2) is 11.5. The molecule has 1 aromatic heterocycles. The molecule has 28 heavy (non-hydrogen) atoms. The third-order valence-corrected chi connectivity index (χ3v) is 5.01. The summed E-state index contributed by atoms with van der Waals surface area (Å²) < 4.78 is 2.01. The molecule has 3 aromatic rings. The Morgan fingerprint density at radius 3 is 2.07 bits per heavy atom. The van der Waals surface area contributed by atoms with Gasteiger partial charge in [0.1, 0.15) is 0 Å². The number of hydrogen-bond donors (Lipinski definition) is 0. The molecule has 1 aliphatic rings. The fraction of sp³-hybridized carbons (Fsp3) is 0.400. The van der Waals surface area contributed by atoms with E-state index < -0.39 is 0 Å². The summed E-state index contributed by atoms with van der Waals surface area (Å²) in [7, 11) is 0. The van der Waals surface area contributed by atoms with Gasteiger partial charge in [-0.15, -0.1) is 0 Å².